The maximum absolute atomic E-state index is 12.7. The first-order valence-corrected chi connectivity index (χ1v) is 29.9. The topological polar surface area (TPSA) is 176 Å². The molecule has 0 saturated heterocycles. The highest BCUT2D eigenvalue weighted by atomic mass is 79.9. The van der Waals surface area contributed by atoms with E-state index in [0.29, 0.717) is 56.5 Å². The second-order valence-corrected chi connectivity index (χ2v) is 23.5. The fraction of sp³-hybridized carbons (Fsp3) is 0.463. The van der Waals surface area contributed by atoms with E-state index in [1.807, 2.05) is 114 Å². The summed E-state index contributed by atoms with van der Waals surface area (Å²) in [5, 5.41) is 1.27. The van der Waals surface area contributed by atoms with E-state index in [0.717, 1.165) is 140 Å². The molecule has 17 heteroatoms. The Balaban J connectivity index is 0.000000251. The van der Waals surface area contributed by atoms with E-state index >= 15 is 0 Å². The summed E-state index contributed by atoms with van der Waals surface area (Å²) < 4.78 is 23.3. The Kier molecular flexibility index (Phi) is 27.8. The summed E-state index contributed by atoms with van der Waals surface area (Å²) in [7, 11) is 3.12. The van der Waals surface area contributed by atoms with Crippen molar-refractivity contribution in [2.24, 2.45) is 0 Å². The molecule has 3 amide bonds. The van der Waals surface area contributed by atoms with Crippen molar-refractivity contribution in [1.82, 2.24) is 25.0 Å². The molecule has 6 aromatic rings. The van der Waals surface area contributed by atoms with Gasteiger partial charge in [-0.05, 0) is 168 Å². The van der Waals surface area contributed by atoms with Crippen LogP contribution in [0.3, 0.4) is 0 Å². The van der Waals surface area contributed by atoms with Gasteiger partial charge in [-0.15, -0.1) is 0 Å². The third-order valence-corrected chi connectivity index (χ3v) is 13.9. The summed E-state index contributed by atoms with van der Waals surface area (Å²) in [6.45, 7) is 13.5. The van der Waals surface area contributed by atoms with Crippen molar-refractivity contribution < 1.29 is 43.0 Å². The Morgan fingerprint density at radius 1 is 0.560 bits per heavy atom. The molecule has 6 heterocycles. The van der Waals surface area contributed by atoms with Crippen molar-refractivity contribution in [3.8, 4) is 11.8 Å². The second kappa shape index (κ2) is 34.5. The van der Waals surface area contributed by atoms with Gasteiger partial charge in [0.1, 0.15) is 36.1 Å². The Labute approximate surface area is 507 Å². The Hall–Kier alpha value is -7.24. The average Bonchev–Trinajstić information content (AvgIpc) is 3.68. The van der Waals surface area contributed by atoms with Gasteiger partial charge in [0.05, 0.1) is 7.11 Å². The predicted octanol–water partition coefficient (Wildman–Crippen LogP) is 15.5. The van der Waals surface area contributed by atoms with Crippen LogP contribution in [0, 0.1) is 0 Å². The van der Waals surface area contributed by atoms with E-state index in [1.54, 1.807) is 41.4 Å². The highest BCUT2D eigenvalue weighted by molar-refractivity contribution is 9.10. The Morgan fingerprint density at radius 3 is 1.44 bits per heavy atom. The number of aryl methyl sites for hydroxylation is 4. The van der Waals surface area contributed by atoms with E-state index in [-0.39, 0.29) is 31.3 Å². The Bertz CT molecular complexity index is 2950. The van der Waals surface area contributed by atoms with Gasteiger partial charge in [0.15, 0.2) is 5.78 Å². The molecule has 16 nitrogen and oxygen atoms in total. The van der Waals surface area contributed by atoms with Crippen LogP contribution < -0.4 is 19.3 Å². The van der Waals surface area contributed by atoms with Gasteiger partial charge in [-0.1, -0.05) is 106 Å². The first-order valence-electron chi connectivity index (χ1n) is 29.1. The monoisotopic (exact) mass is 1210 g/mol. The fourth-order valence-corrected chi connectivity index (χ4v) is 9.29. The first-order chi connectivity index (χ1) is 39.8. The molecule has 2 aliphatic rings. The lowest BCUT2D eigenvalue weighted by molar-refractivity contribution is -0.168. The van der Waals surface area contributed by atoms with Gasteiger partial charge < -0.3 is 18.9 Å². The van der Waals surface area contributed by atoms with E-state index in [1.165, 1.54) is 12.2 Å². The van der Waals surface area contributed by atoms with Gasteiger partial charge >= 0.3 is 12.2 Å². The smallest absolute Gasteiger partial charge is 0.416 e. The van der Waals surface area contributed by atoms with Crippen molar-refractivity contribution in [2.45, 2.75) is 176 Å². The summed E-state index contributed by atoms with van der Waals surface area (Å²) in [5.41, 5.74) is 5.96. The zero-order chi connectivity index (χ0) is 59.6. The average molecular weight is 1220 g/mol. The van der Waals surface area contributed by atoms with Crippen molar-refractivity contribution >= 4 is 51.4 Å². The minimum Gasteiger partial charge on any atom is -0.473 e. The van der Waals surface area contributed by atoms with Crippen LogP contribution in [0.2, 0.25) is 0 Å². The minimum absolute atomic E-state index is 0. The number of fused-ring (bicyclic) bond motifs is 2. The number of unbranched alkanes of at least 4 members (excludes halogenated alkanes) is 6. The number of pyridine rings is 4. The van der Waals surface area contributed by atoms with Crippen LogP contribution in [0.25, 0.3) is 0 Å². The number of Topliss-reactive ketones (excluding diaryl/α,β-unsaturated/α-hetero) is 1. The Morgan fingerprint density at radius 2 is 1.01 bits per heavy atom. The summed E-state index contributed by atoms with van der Waals surface area (Å²) >= 11 is 3.32. The molecule has 2 aliphatic heterocycles. The van der Waals surface area contributed by atoms with Gasteiger partial charge in [-0.2, -0.15) is 0 Å². The molecule has 0 bridgehead atoms. The molecular weight excluding hydrogens is 1130 g/mol. The number of hydrogen-bond donors (Lipinski definition) is 0. The minimum atomic E-state index is -0.537. The van der Waals surface area contributed by atoms with Gasteiger partial charge in [-0.3, -0.25) is 24.2 Å². The number of hydrogen-bond acceptors (Lipinski definition) is 13. The molecule has 0 fully saturated rings. The number of benzene rings is 2. The van der Waals surface area contributed by atoms with Crippen molar-refractivity contribution in [3.63, 3.8) is 0 Å². The number of halogens is 1. The van der Waals surface area contributed by atoms with E-state index in [4.69, 9.17) is 33.8 Å². The van der Waals surface area contributed by atoms with Crippen molar-refractivity contribution in [2.75, 3.05) is 37.0 Å². The third kappa shape index (κ3) is 23.8. The second-order valence-electron chi connectivity index (χ2n) is 22.6. The number of anilines is 2. The molecule has 0 unspecified atom stereocenters. The van der Waals surface area contributed by atoms with Crippen molar-refractivity contribution in [1.29, 1.82) is 0 Å². The number of hydroxylamine groups is 2. The maximum atomic E-state index is 12.7. The number of amides is 3. The summed E-state index contributed by atoms with van der Waals surface area (Å²) in [6, 6.07) is 35.6. The first kappa shape index (κ1) is 67.5. The normalized spacial score (nSPS) is 12.6. The number of ketones is 1. The van der Waals surface area contributed by atoms with Gasteiger partial charge in [0, 0.05) is 78.9 Å². The third-order valence-electron chi connectivity index (χ3n) is 13.4. The number of nitrogens with zero attached hydrogens (tertiary/aromatic N) is 7. The number of rotatable bonds is 22. The zero-order valence-electron chi connectivity index (χ0n) is 49.9. The molecule has 2 aromatic carbocycles. The van der Waals surface area contributed by atoms with Crippen molar-refractivity contribution in [3.05, 3.63) is 165 Å². The highest BCUT2D eigenvalue weighted by Gasteiger charge is 2.30. The lowest BCUT2D eigenvalue weighted by atomic mass is 10.0. The summed E-state index contributed by atoms with van der Waals surface area (Å²) in [5.74, 6) is 2.75. The fourth-order valence-electron chi connectivity index (χ4n) is 9.05. The molecule has 4 aromatic heterocycles. The van der Waals surface area contributed by atoms with E-state index < -0.39 is 11.2 Å². The van der Waals surface area contributed by atoms with Crippen LogP contribution >= 0.6 is 15.9 Å². The zero-order valence-corrected chi connectivity index (χ0v) is 51.5. The van der Waals surface area contributed by atoms with Gasteiger partial charge in [0.25, 0.3) is 0 Å². The molecule has 0 atom stereocenters. The summed E-state index contributed by atoms with van der Waals surface area (Å²) in [4.78, 5) is 75.8. The number of carbonyl (C=O) groups is 4. The van der Waals surface area contributed by atoms with Gasteiger partial charge in [0.2, 0.25) is 17.7 Å². The van der Waals surface area contributed by atoms with Crippen LogP contribution in [0.5, 0.6) is 11.8 Å². The standard InChI is InChI=1S/C32H39N3O4.C22H35N3O4.C12H10BrNO.CH4/c1-32(2,3)39-31(37)35-21-11-14-25-17-19-27(34-30(25)35)15-9-4-5-10-16-28(36)26-18-20-29(33-22-26)38-23-24-12-7-6-8-13-24;1-22(2,3)29-21(27)25-16-10-11-17-14-15-18(23-20(17)25)12-8-6-7-9-13-19(26)24(4)28-5;13-11-6-7-12(14-8-11)15-9-10-4-2-1-3-5-10;/h6-8,12-13,17-20,22H,4-5,9-11,14-16,21,23H2,1-3H3;14-15H,6-13,16H2,1-5H3;1-8H,9H2;1H4. The highest BCUT2D eigenvalue weighted by Crippen LogP contribution is 2.30. The molecule has 0 aliphatic carbocycles. The van der Waals surface area contributed by atoms with E-state index in [2.05, 4.69) is 50.2 Å². The molecule has 0 spiro atoms. The van der Waals surface area contributed by atoms with Crippen LogP contribution in [-0.4, -0.2) is 87.3 Å². The molecule has 0 saturated carbocycles. The largest absolute Gasteiger partial charge is 0.473 e. The number of carbonyl (C=O) groups excluding carboxylic acids is 4. The molecule has 84 heavy (non-hydrogen) atoms. The molecule has 452 valence electrons. The predicted molar refractivity (Wildman–Crippen MR) is 334 cm³/mol. The van der Waals surface area contributed by atoms with Crippen LogP contribution in [0.1, 0.15) is 170 Å². The molecule has 0 N–H and O–H groups in total. The number of aromatic nitrogens is 4. The van der Waals surface area contributed by atoms with Crippen LogP contribution in [0.4, 0.5) is 21.2 Å². The van der Waals surface area contributed by atoms with Crippen LogP contribution in [-0.2, 0) is 58.0 Å². The molecule has 0 radical (unpaired) electrons. The number of ether oxygens (including phenoxy) is 4. The van der Waals surface area contributed by atoms with Crippen LogP contribution in [0.15, 0.2) is 126 Å². The SMILES string of the molecule is Brc1ccc(OCc2ccccc2)nc1.C.CC(C)(C)OC(=O)N1CCCc2ccc(CCCCCCC(=O)c3ccc(OCc4ccccc4)nc3)nc21.CON(C)C(=O)CCCCCCc1ccc2c(n1)N(C(=O)OC(C)(C)C)CCC2. The lowest BCUT2D eigenvalue weighted by Gasteiger charge is -2.31. The molecule has 8 rings (SSSR count). The maximum Gasteiger partial charge on any atom is 0.416 e. The molecular formula is C67H88BrN7O9. The lowest BCUT2D eigenvalue weighted by Crippen LogP contribution is -2.40. The quantitative estimate of drug-likeness (QED) is 0.0357. The summed E-state index contributed by atoms with van der Waals surface area (Å²) in [6.07, 6.45) is 16.8. The van der Waals surface area contributed by atoms with Gasteiger partial charge in [-0.25, -0.2) is 34.6 Å². The van der Waals surface area contributed by atoms with E-state index in [9.17, 15) is 19.2 Å².